The van der Waals surface area contributed by atoms with Gasteiger partial charge >= 0.3 is 0 Å². The van der Waals surface area contributed by atoms with E-state index in [0.29, 0.717) is 0 Å². The topological polar surface area (TPSA) is 113 Å². The molecule has 8 nitrogen and oxygen atoms in total. The molecule has 0 amide bonds. The molecule has 0 aliphatic rings. The molecule has 0 aliphatic heterocycles. The summed E-state index contributed by atoms with van der Waals surface area (Å²) < 4.78 is 54.7. The summed E-state index contributed by atoms with van der Waals surface area (Å²) in [7, 11) is -4.29. The van der Waals surface area contributed by atoms with Crippen LogP contribution in [0.25, 0.3) is 0 Å². The average molecular weight is 469 g/mol. The fourth-order valence-electron chi connectivity index (χ4n) is 2.65. The van der Waals surface area contributed by atoms with E-state index in [1.165, 1.54) is 18.2 Å². The number of benzene rings is 3. The zero-order chi connectivity index (χ0) is 22.6. The molecule has 3 aromatic carbocycles. The minimum atomic E-state index is -4.29. The Hall–Kier alpha value is -3.28. The van der Waals surface area contributed by atoms with Gasteiger partial charge < -0.3 is 5.43 Å². The summed E-state index contributed by atoms with van der Waals surface area (Å²) in [6.07, 6.45) is 0. The van der Waals surface area contributed by atoms with Gasteiger partial charge in [-0.15, -0.1) is 0 Å². The SMILES string of the molecule is O=[N+]([O-])c1ccc(NNCc2cc(F)cc(F)c2)c(S(=O)(=O)Nc2ccccc2Cl)c1. The van der Waals surface area contributed by atoms with Gasteiger partial charge in [-0.3, -0.25) is 14.8 Å². The number of non-ortho nitro benzene ring substituents is 1. The lowest BCUT2D eigenvalue weighted by Crippen LogP contribution is -2.24. The molecule has 3 rings (SSSR count). The number of nitro benzene ring substituents is 1. The van der Waals surface area contributed by atoms with Gasteiger partial charge in [-0.2, -0.15) is 0 Å². The quantitative estimate of drug-likeness (QED) is 0.332. The van der Waals surface area contributed by atoms with Gasteiger partial charge in [-0.05, 0) is 35.9 Å². The zero-order valence-electron chi connectivity index (χ0n) is 15.6. The van der Waals surface area contributed by atoms with Crippen molar-refractivity contribution >= 4 is 38.7 Å². The van der Waals surface area contributed by atoms with E-state index in [1.54, 1.807) is 12.1 Å². The summed E-state index contributed by atoms with van der Waals surface area (Å²) in [4.78, 5) is 9.96. The molecule has 3 aromatic rings. The van der Waals surface area contributed by atoms with Crippen LogP contribution < -0.4 is 15.6 Å². The van der Waals surface area contributed by atoms with Gasteiger partial charge in [0.1, 0.15) is 16.5 Å². The van der Waals surface area contributed by atoms with Crippen molar-refractivity contribution in [1.82, 2.24) is 5.43 Å². The predicted molar refractivity (Wildman–Crippen MR) is 112 cm³/mol. The Labute approximate surface area is 181 Å². The van der Waals surface area contributed by atoms with Crippen LogP contribution in [0.15, 0.2) is 65.6 Å². The average Bonchev–Trinajstić information content (AvgIpc) is 2.69. The van der Waals surface area contributed by atoms with E-state index in [2.05, 4.69) is 15.6 Å². The highest BCUT2D eigenvalue weighted by atomic mass is 35.5. The highest BCUT2D eigenvalue weighted by Gasteiger charge is 2.23. The van der Waals surface area contributed by atoms with Crippen molar-refractivity contribution in [2.75, 3.05) is 10.1 Å². The van der Waals surface area contributed by atoms with Gasteiger partial charge in [0.05, 0.1) is 21.3 Å². The molecule has 0 heterocycles. The third-order valence-corrected chi connectivity index (χ3v) is 5.76. The molecule has 0 atom stereocenters. The number of sulfonamides is 1. The van der Waals surface area contributed by atoms with E-state index in [4.69, 9.17) is 11.6 Å². The molecular weight excluding hydrogens is 454 g/mol. The second-order valence-electron chi connectivity index (χ2n) is 6.28. The number of nitrogens with zero attached hydrogens (tertiary/aromatic N) is 1. The van der Waals surface area contributed by atoms with E-state index < -0.39 is 37.2 Å². The van der Waals surface area contributed by atoms with Crippen LogP contribution >= 0.6 is 11.6 Å². The third-order valence-electron chi connectivity index (χ3n) is 4.02. The molecule has 0 bridgehead atoms. The van der Waals surface area contributed by atoms with Crippen molar-refractivity contribution in [3.8, 4) is 0 Å². The Morgan fingerprint density at radius 2 is 1.65 bits per heavy atom. The predicted octanol–water partition coefficient (Wildman–Crippen LogP) is 4.44. The molecule has 162 valence electrons. The molecule has 0 unspecified atom stereocenters. The Morgan fingerprint density at radius 1 is 0.968 bits per heavy atom. The summed E-state index contributed by atoms with van der Waals surface area (Å²) in [5.41, 5.74) is 5.11. The Morgan fingerprint density at radius 3 is 2.29 bits per heavy atom. The minimum absolute atomic E-state index is 0.0259. The monoisotopic (exact) mass is 468 g/mol. The molecule has 0 spiro atoms. The van der Waals surface area contributed by atoms with Crippen LogP contribution in [0.1, 0.15) is 5.56 Å². The Kier molecular flexibility index (Phi) is 6.68. The summed E-state index contributed by atoms with van der Waals surface area (Å²) >= 11 is 5.99. The van der Waals surface area contributed by atoms with Crippen LogP contribution in [-0.4, -0.2) is 13.3 Å². The molecule has 0 saturated heterocycles. The number of anilines is 2. The van der Waals surface area contributed by atoms with Crippen LogP contribution in [0, 0.1) is 21.7 Å². The summed E-state index contributed by atoms with van der Waals surface area (Å²) in [5, 5.41) is 11.3. The first-order valence-electron chi connectivity index (χ1n) is 8.65. The van der Waals surface area contributed by atoms with Crippen molar-refractivity contribution < 1.29 is 22.1 Å². The molecule has 3 N–H and O–H groups in total. The van der Waals surface area contributed by atoms with Crippen molar-refractivity contribution in [2.24, 2.45) is 0 Å². The van der Waals surface area contributed by atoms with Crippen molar-refractivity contribution in [3.63, 3.8) is 0 Å². The molecule has 0 aromatic heterocycles. The van der Waals surface area contributed by atoms with E-state index >= 15 is 0 Å². The maximum Gasteiger partial charge on any atom is 0.270 e. The number of halogens is 3. The first kappa shape index (κ1) is 22.4. The van der Waals surface area contributed by atoms with Crippen LogP contribution in [0.4, 0.5) is 25.8 Å². The molecule has 0 radical (unpaired) electrons. The summed E-state index contributed by atoms with van der Waals surface area (Å²) in [6.45, 7) is -0.0664. The van der Waals surface area contributed by atoms with Gasteiger partial charge in [0.25, 0.3) is 15.7 Å². The lowest BCUT2D eigenvalue weighted by atomic mass is 10.2. The largest absolute Gasteiger partial charge is 0.320 e. The number of nitro groups is 1. The van der Waals surface area contributed by atoms with E-state index in [9.17, 15) is 27.3 Å². The van der Waals surface area contributed by atoms with E-state index in [-0.39, 0.29) is 28.5 Å². The van der Waals surface area contributed by atoms with Gasteiger partial charge in [0.2, 0.25) is 0 Å². The standard InChI is InChI=1S/C19H15ClF2N4O4S/c20-16-3-1-2-4-17(16)25-31(29,30)19-10-15(26(27)28)5-6-18(19)24-23-11-12-7-13(21)9-14(22)8-12/h1-10,23-25H,11H2. The molecule has 0 fully saturated rings. The number of rotatable bonds is 8. The second-order valence-corrected chi connectivity index (χ2v) is 8.34. The van der Waals surface area contributed by atoms with E-state index in [0.717, 1.165) is 30.3 Å². The summed E-state index contributed by atoms with van der Waals surface area (Å²) in [5.74, 6) is -1.53. The first-order valence-corrected chi connectivity index (χ1v) is 10.5. The normalized spacial score (nSPS) is 11.2. The van der Waals surface area contributed by atoms with Gasteiger partial charge in [0, 0.05) is 24.7 Å². The Bertz CT molecular complexity index is 1220. The second kappa shape index (κ2) is 9.25. The molecular formula is C19H15ClF2N4O4S. The molecule has 0 aliphatic carbocycles. The highest BCUT2D eigenvalue weighted by Crippen LogP contribution is 2.30. The highest BCUT2D eigenvalue weighted by molar-refractivity contribution is 7.93. The number of hydrogen-bond donors (Lipinski definition) is 3. The van der Waals surface area contributed by atoms with E-state index in [1.807, 2.05) is 0 Å². The minimum Gasteiger partial charge on any atom is -0.320 e. The molecule has 12 heteroatoms. The lowest BCUT2D eigenvalue weighted by molar-refractivity contribution is -0.385. The zero-order valence-corrected chi connectivity index (χ0v) is 17.2. The fourth-order valence-corrected chi connectivity index (χ4v) is 4.15. The first-order chi connectivity index (χ1) is 14.7. The summed E-state index contributed by atoms with van der Waals surface area (Å²) in [6, 6.07) is 12.2. The van der Waals surface area contributed by atoms with Crippen molar-refractivity contribution in [1.29, 1.82) is 0 Å². The van der Waals surface area contributed by atoms with Crippen molar-refractivity contribution in [2.45, 2.75) is 11.4 Å². The number of hydrazine groups is 1. The maximum absolute atomic E-state index is 13.3. The molecule has 0 saturated carbocycles. The fraction of sp³-hybridized carbons (Fsp3) is 0.0526. The molecule has 31 heavy (non-hydrogen) atoms. The van der Waals surface area contributed by atoms with Crippen LogP contribution in [-0.2, 0) is 16.6 Å². The van der Waals surface area contributed by atoms with Gasteiger partial charge in [-0.25, -0.2) is 22.6 Å². The van der Waals surface area contributed by atoms with Gasteiger partial charge in [0.15, 0.2) is 0 Å². The maximum atomic E-state index is 13.3. The number of hydrogen-bond acceptors (Lipinski definition) is 6. The Balaban J connectivity index is 1.88. The van der Waals surface area contributed by atoms with Crippen LogP contribution in [0.5, 0.6) is 0 Å². The third kappa shape index (κ3) is 5.66. The van der Waals surface area contributed by atoms with Crippen LogP contribution in [0.3, 0.4) is 0 Å². The van der Waals surface area contributed by atoms with Gasteiger partial charge in [-0.1, -0.05) is 23.7 Å². The number of para-hydroxylation sites is 1. The van der Waals surface area contributed by atoms with Crippen molar-refractivity contribution in [3.05, 3.63) is 93.0 Å². The lowest BCUT2D eigenvalue weighted by Gasteiger charge is -2.15. The van der Waals surface area contributed by atoms with Crippen LogP contribution in [0.2, 0.25) is 5.02 Å². The smallest absolute Gasteiger partial charge is 0.270 e. The number of nitrogens with one attached hydrogen (secondary N) is 3.